The highest BCUT2D eigenvalue weighted by molar-refractivity contribution is 7.00. The van der Waals surface area contributed by atoms with Gasteiger partial charge in [-0.25, -0.2) is 0 Å². The molecule has 0 amide bonds. The Morgan fingerprint density at radius 2 is 1.01 bits per heavy atom. The van der Waals surface area contributed by atoms with E-state index in [1.807, 2.05) is 0 Å². The Morgan fingerprint density at radius 1 is 0.500 bits per heavy atom. The summed E-state index contributed by atoms with van der Waals surface area (Å²) < 4.78 is 0. The van der Waals surface area contributed by atoms with Gasteiger partial charge in [-0.3, -0.25) is 0 Å². The zero-order chi connectivity index (χ0) is 46.7. The lowest BCUT2D eigenvalue weighted by Crippen LogP contribution is -2.62. The Kier molecular flexibility index (Phi) is 9.79. The molecule has 4 aliphatic rings. The first-order chi connectivity index (χ1) is 32.7. The molecule has 12 rings (SSSR count). The standard InChI is InChI=1S/C64H62BN3/c1-42-20-18-19-27-56(42)68-58-33-48-40-64(7,8)38-46(48)31-55(58)65-54-30-45-37-63(5,6)39-47(45)32-57(54)66(41-44-28-29-49(62(2,3)4)34-53(44)43-21-12-9-13-22-43)59-35-52(36-60(68)61(59)65)67(50-23-14-10-15-24-50)51-25-16-11-17-26-51/h9-36H,37-41H2,1-8H3. The van der Waals surface area contributed by atoms with Crippen molar-refractivity contribution in [1.29, 1.82) is 0 Å². The smallest absolute Gasteiger partial charge is 0.252 e. The first kappa shape index (κ1) is 42.6. The molecule has 8 aromatic rings. The summed E-state index contributed by atoms with van der Waals surface area (Å²) >= 11 is 0. The van der Waals surface area contributed by atoms with Gasteiger partial charge in [0.1, 0.15) is 0 Å². The zero-order valence-electron chi connectivity index (χ0n) is 41.1. The largest absolute Gasteiger partial charge is 0.338 e. The molecule has 0 saturated heterocycles. The Morgan fingerprint density at radius 3 is 1.60 bits per heavy atom. The molecular weight excluding hydrogens is 822 g/mol. The fourth-order valence-corrected chi connectivity index (χ4v) is 12.4. The fraction of sp³-hybridized carbons (Fsp3) is 0.250. The molecule has 0 spiro atoms. The maximum Gasteiger partial charge on any atom is 0.252 e. The van der Waals surface area contributed by atoms with Crippen molar-refractivity contribution in [1.82, 2.24) is 0 Å². The number of hydrogen-bond acceptors (Lipinski definition) is 3. The van der Waals surface area contributed by atoms with Crippen LogP contribution >= 0.6 is 0 Å². The average Bonchev–Trinajstić information content (AvgIpc) is 3.80. The van der Waals surface area contributed by atoms with Gasteiger partial charge in [-0.15, -0.1) is 0 Å². The summed E-state index contributed by atoms with van der Waals surface area (Å²) in [5.41, 5.74) is 27.0. The summed E-state index contributed by atoms with van der Waals surface area (Å²) in [6, 6.07) is 64.9. The minimum Gasteiger partial charge on any atom is -0.338 e. The highest BCUT2D eigenvalue weighted by Crippen LogP contribution is 2.50. The number of hydrogen-bond donors (Lipinski definition) is 0. The molecule has 3 nitrogen and oxygen atoms in total. The maximum absolute atomic E-state index is 2.73. The fourth-order valence-electron chi connectivity index (χ4n) is 12.4. The zero-order valence-corrected chi connectivity index (χ0v) is 41.1. The van der Waals surface area contributed by atoms with E-state index in [1.165, 1.54) is 94.9 Å². The molecule has 8 aromatic carbocycles. The molecular formula is C64H62BN3. The van der Waals surface area contributed by atoms with E-state index < -0.39 is 0 Å². The van der Waals surface area contributed by atoms with Gasteiger partial charge in [0.15, 0.2) is 0 Å². The predicted octanol–water partition coefficient (Wildman–Crippen LogP) is 14.6. The van der Waals surface area contributed by atoms with E-state index in [0.29, 0.717) is 0 Å². The topological polar surface area (TPSA) is 9.72 Å². The van der Waals surface area contributed by atoms with Crippen LogP contribution in [0, 0.1) is 17.8 Å². The van der Waals surface area contributed by atoms with Crippen molar-refractivity contribution in [2.45, 2.75) is 93.0 Å². The van der Waals surface area contributed by atoms with Gasteiger partial charge in [0, 0.05) is 46.4 Å². The molecule has 0 saturated carbocycles. The van der Waals surface area contributed by atoms with Crippen molar-refractivity contribution in [2.24, 2.45) is 10.8 Å². The third-order valence-corrected chi connectivity index (χ3v) is 15.5. The van der Waals surface area contributed by atoms with Gasteiger partial charge in [-0.05, 0) is 170 Å². The van der Waals surface area contributed by atoms with E-state index in [9.17, 15) is 0 Å². The lowest BCUT2D eigenvalue weighted by atomic mass is 9.33. The molecule has 4 heteroatoms. The first-order valence-electron chi connectivity index (χ1n) is 24.9. The second-order valence-corrected chi connectivity index (χ2v) is 22.9. The second-order valence-electron chi connectivity index (χ2n) is 22.9. The van der Waals surface area contributed by atoms with E-state index in [1.54, 1.807) is 0 Å². The Balaban J connectivity index is 1.19. The minimum absolute atomic E-state index is 0.00785. The average molecular weight is 884 g/mol. The predicted molar refractivity (Wildman–Crippen MR) is 290 cm³/mol. The van der Waals surface area contributed by atoms with Crippen molar-refractivity contribution in [3.63, 3.8) is 0 Å². The molecule has 0 N–H and O–H groups in total. The summed E-state index contributed by atoms with van der Waals surface area (Å²) in [6.45, 7) is 19.9. The number of rotatable bonds is 7. The second kappa shape index (κ2) is 15.6. The number of nitrogens with zero attached hydrogens (tertiary/aromatic N) is 3. The number of aryl methyl sites for hydroxylation is 1. The first-order valence-corrected chi connectivity index (χ1v) is 24.9. The number of para-hydroxylation sites is 3. The number of fused-ring (bicyclic) bond motifs is 6. The Hall–Kier alpha value is -6.78. The lowest BCUT2D eigenvalue weighted by Gasteiger charge is -2.46. The molecule has 0 radical (unpaired) electrons. The summed E-state index contributed by atoms with van der Waals surface area (Å²) in [5, 5.41) is 0. The van der Waals surface area contributed by atoms with Crippen LogP contribution in [0.1, 0.15) is 87.4 Å². The highest BCUT2D eigenvalue weighted by Gasteiger charge is 2.46. The third-order valence-electron chi connectivity index (χ3n) is 15.5. The van der Waals surface area contributed by atoms with Gasteiger partial charge in [0.2, 0.25) is 0 Å². The van der Waals surface area contributed by atoms with Crippen LogP contribution in [-0.4, -0.2) is 6.71 Å². The summed E-state index contributed by atoms with van der Waals surface area (Å²) in [6.07, 6.45) is 4.36. The minimum atomic E-state index is 0.00785. The van der Waals surface area contributed by atoms with Crippen molar-refractivity contribution in [3.8, 4) is 11.1 Å². The van der Waals surface area contributed by atoms with Gasteiger partial charge in [0.05, 0.1) is 5.69 Å². The van der Waals surface area contributed by atoms with Gasteiger partial charge in [-0.1, -0.05) is 164 Å². The quantitative estimate of drug-likeness (QED) is 0.148. The van der Waals surface area contributed by atoms with Crippen molar-refractivity contribution >= 4 is 68.6 Å². The molecule has 2 heterocycles. The molecule has 336 valence electrons. The summed E-state index contributed by atoms with van der Waals surface area (Å²) in [4.78, 5) is 7.84. The molecule has 2 aliphatic carbocycles. The van der Waals surface area contributed by atoms with Gasteiger partial charge in [-0.2, -0.15) is 0 Å². The van der Waals surface area contributed by atoms with Crippen LogP contribution in [-0.2, 0) is 37.6 Å². The van der Waals surface area contributed by atoms with E-state index in [0.717, 1.165) is 49.3 Å². The number of anilines is 8. The third kappa shape index (κ3) is 7.18. The van der Waals surface area contributed by atoms with Crippen LogP contribution in [0.5, 0.6) is 0 Å². The summed E-state index contributed by atoms with van der Waals surface area (Å²) in [7, 11) is 0. The van der Waals surface area contributed by atoms with Gasteiger partial charge >= 0.3 is 0 Å². The number of benzene rings is 8. The van der Waals surface area contributed by atoms with Crippen LogP contribution in [0.3, 0.4) is 0 Å². The highest BCUT2D eigenvalue weighted by atomic mass is 15.2. The van der Waals surface area contributed by atoms with Crippen LogP contribution in [0.15, 0.2) is 170 Å². The van der Waals surface area contributed by atoms with Gasteiger partial charge in [0.25, 0.3) is 6.71 Å². The molecule has 0 atom stereocenters. The SMILES string of the molecule is Cc1ccccc1N1c2cc3c(cc2B2c4cc5c(cc4N(Cc4ccc(C(C)(C)C)cc4-c4ccccc4)c4cc(N(c6ccccc6)c6ccccc6)cc1c42)CC(C)(C)C5)CC(C)(C)C3. The van der Waals surface area contributed by atoms with Crippen LogP contribution in [0.25, 0.3) is 11.1 Å². The van der Waals surface area contributed by atoms with Crippen molar-refractivity contribution in [2.75, 3.05) is 14.7 Å². The van der Waals surface area contributed by atoms with Crippen molar-refractivity contribution in [3.05, 3.63) is 209 Å². The lowest BCUT2D eigenvalue weighted by molar-refractivity contribution is 0.392. The van der Waals surface area contributed by atoms with E-state index in [4.69, 9.17) is 0 Å². The van der Waals surface area contributed by atoms with Crippen LogP contribution < -0.4 is 31.1 Å². The van der Waals surface area contributed by atoms with Crippen LogP contribution in [0.2, 0.25) is 0 Å². The molecule has 0 bridgehead atoms. The van der Waals surface area contributed by atoms with E-state index in [-0.39, 0.29) is 23.0 Å². The van der Waals surface area contributed by atoms with Gasteiger partial charge < -0.3 is 14.7 Å². The summed E-state index contributed by atoms with van der Waals surface area (Å²) in [5.74, 6) is 0. The maximum atomic E-state index is 2.73. The van der Waals surface area contributed by atoms with E-state index in [2.05, 4.69) is 240 Å². The molecule has 68 heavy (non-hydrogen) atoms. The molecule has 0 unspecified atom stereocenters. The van der Waals surface area contributed by atoms with E-state index >= 15 is 0 Å². The normalized spacial score (nSPS) is 15.9. The van der Waals surface area contributed by atoms with Crippen molar-refractivity contribution < 1.29 is 0 Å². The molecule has 0 aromatic heterocycles. The monoisotopic (exact) mass is 884 g/mol. The Bertz CT molecular complexity index is 3230. The molecule has 2 aliphatic heterocycles. The Labute approximate surface area is 405 Å². The van der Waals surface area contributed by atoms with Crippen LogP contribution in [0.4, 0.5) is 45.5 Å². The molecule has 0 fully saturated rings.